The maximum absolute atomic E-state index is 14.3. The van der Waals surface area contributed by atoms with Crippen LogP contribution < -0.4 is 10.6 Å². The summed E-state index contributed by atoms with van der Waals surface area (Å²) >= 11 is 0. The number of nitrogens with one attached hydrogen (secondary N) is 2. The number of hydrogen-bond acceptors (Lipinski definition) is 3. The predicted octanol–water partition coefficient (Wildman–Crippen LogP) is 5.56. The van der Waals surface area contributed by atoms with Gasteiger partial charge in [-0.3, -0.25) is 0 Å². The largest absolute Gasteiger partial charge is 0.375 e. The van der Waals surface area contributed by atoms with Gasteiger partial charge in [0, 0.05) is 29.2 Å². The monoisotopic (exact) mass is 366 g/mol. The molecular formula is C22H27FN4. The molecule has 0 saturated heterocycles. The quantitative estimate of drug-likeness (QED) is 0.629. The van der Waals surface area contributed by atoms with Crippen LogP contribution >= 0.6 is 0 Å². The second-order valence-electron chi connectivity index (χ2n) is 7.51. The smallest absolute Gasteiger partial charge is 0.190 e. The molecule has 0 heterocycles. The number of anilines is 2. The molecule has 0 aromatic heterocycles. The number of nitrogens with zero attached hydrogens (tertiary/aromatic N) is 2. The highest BCUT2D eigenvalue weighted by atomic mass is 19.1. The van der Waals surface area contributed by atoms with E-state index in [1.165, 1.54) is 6.07 Å². The van der Waals surface area contributed by atoms with Gasteiger partial charge >= 0.3 is 0 Å². The Balaban J connectivity index is 2.11. The third-order valence-electron chi connectivity index (χ3n) is 4.36. The first-order valence-corrected chi connectivity index (χ1v) is 8.78. The van der Waals surface area contributed by atoms with Gasteiger partial charge in [0.1, 0.15) is 5.82 Å². The molecule has 142 valence electrons. The molecule has 0 spiro atoms. The molecular weight excluding hydrogens is 339 g/mol. The summed E-state index contributed by atoms with van der Waals surface area (Å²) in [5, 5.41) is 6.62. The van der Waals surface area contributed by atoms with E-state index in [4.69, 9.17) is 6.57 Å². The Kier molecular flexibility index (Phi) is 6.24. The summed E-state index contributed by atoms with van der Waals surface area (Å²) in [6, 6.07) is 10.8. The van der Waals surface area contributed by atoms with Crippen molar-refractivity contribution < 1.29 is 4.39 Å². The number of aryl methyl sites for hydroxylation is 1. The molecule has 0 aliphatic heterocycles. The van der Waals surface area contributed by atoms with E-state index in [0.717, 1.165) is 16.9 Å². The Morgan fingerprint density at radius 3 is 2.41 bits per heavy atom. The van der Waals surface area contributed by atoms with Crippen LogP contribution in [-0.4, -0.2) is 24.5 Å². The number of benzene rings is 2. The molecule has 0 atom stereocenters. The molecule has 0 aliphatic carbocycles. The van der Waals surface area contributed by atoms with E-state index >= 15 is 0 Å². The number of hydrogen-bond donors (Lipinski definition) is 2. The molecule has 2 aromatic carbocycles. The lowest BCUT2D eigenvalue weighted by Crippen LogP contribution is -2.36. The van der Waals surface area contributed by atoms with Crippen LogP contribution in [0.25, 0.3) is 4.85 Å². The molecule has 0 aliphatic rings. The van der Waals surface area contributed by atoms with Gasteiger partial charge in [-0.15, -0.1) is 0 Å². The van der Waals surface area contributed by atoms with E-state index in [-0.39, 0.29) is 5.82 Å². The van der Waals surface area contributed by atoms with Crippen LogP contribution in [-0.2, 0) is 6.54 Å². The Morgan fingerprint density at radius 1 is 1.19 bits per heavy atom. The minimum absolute atomic E-state index is 0.228. The van der Waals surface area contributed by atoms with Crippen LogP contribution in [0.15, 0.2) is 48.7 Å². The maximum atomic E-state index is 14.3. The van der Waals surface area contributed by atoms with E-state index in [9.17, 15) is 4.39 Å². The summed E-state index contributed by atoms with van der Waals surface area (Å²) < 4.78 is 14.3. The van der Waals surface area contributed by atoms with Crippen molar-refractivity contribution in [3.8, 4) is 0 Å². The summed E-state index contributed by atoms with van der Waals surface area (Å²) in [5.41, 5.74) is 4.01. The molecule has 0 fully saturated rings. The minimum atomic E-state index is -0.512. The van der Waals surface area contributed by atoms with Crippen LogP contribution in [0.1, 0.15) is 25.0 Å². The van der Waals surface area contributed by atoms with Crippen molar-refractivity contribution in [1.29, 1.82) is 0 Å². The molecule has 2 aromatic rings. The van der Waals surface area contributed by atoms with E-state index in [1.54, 1.807) is 12.1 Å². The van der Waals surface area contributed by atoms with Crippen LogP contribution in [0.3, 0.4) is 0 Å². The van der Waals surface area contributed by atoms with Gasteiger partial charge in [0.15, 0.2) is 5.69 Å². The molecule has 0 amide bonds. The predicted molar refractivity (Wildman–Crippen MR) is 112 cm³/mol. The second kappa shape index (κ2) is 8.24. The first-order valence-electron chi connectivity index (χ1n) is 8.78. The highest BCUT2D eigenvalue weighted by Crippen LogP contribution is 2.27. The molecule has 0 unspecified atom stereocenters. The summed E-state index contributed by atoms with van der Waals surface area (Å²) in [6.45, 7) is 17.7. The fourth-order valence-corrected chi connectivity index (χ4v) is 2.72. The van der Waals surface area contributed by atoms with Crippen molar-refractivity contribution >= 4 is 17.1 Å². The Morgan fingerprint density at radius 2 is 1.85 bits per heavy atom. The molecule has 0 bridgehead atoms. The first kappa shape index (κ1) is 20.5. The van der Waals surface area contributed by atoms with E-state index in [2.05, 4.69) is 22.1 Å². The van der Waals surface area contributed by atoms with Gasteiger partial charge in [-0.1, -0.05) is 18.7 Å². The fraction of sp³-hybridized carbons (Fsp3) is 0.318. The zero-order valence-electron chi connectivity index (χ0n) is 16.7. The average molecular weight is 366 g/mol. The highest BCUT2D eigenvalue weighted by molar-refractivity contribution is 5.62. The standard InChI is InChI=1S/C22H27FN4/c1-15-12-18(10-11-21(15)24-5)25-16(2)22(3,4)26-19-9-8-17(14-27(6)7)20(23)13-19/h8-13,25-26H,2,14H2,1,3-4,6-7H3. The Hall–Kier alpha value is -2.84. The van der Waals surface area contributed by atoms with Crippen molar-refractivity contribution in [1.82, 2.24) is 4.90 Å². The van der Waals surface area contributed by atoms with Gasteiger partial charge in [0.25, 0.3) is 0 Å². The fourth-order valence-electron chi connectivity index (χ4n) is 2.72. The third-order valence-corrected chi connectivity index (χ3v) is 4.36. The van der Waals surface area contributed by atoms with Gasteiger partial charge in [-0.25, -0.2) is 9.24 Å². The van der Waals surface area contributed by atoms with E-state index in [0.29, 0.717) is 23.5 Å². The molecule has 5 heteroatoms. The van der Waals surface area contributed by atoms with Crippen molar-refractivity contribution in [3.63, 3.8) is 0 Å². The third kappa shape index (κ3) is 5.32. The lowest BCUT2D eigenvalue weighted by molar-refractivity contribution is 0.392. The van der Waals surface area contributed by atoms with Crippen LogP contribution in [0.2, 0.25) is 0 Å². The first-order chi connectivity index (χ1) is 12.6. The number of halogens is 1. The normalized spacial score (nSPS) is 11.2. The highest BCUT2D eigenvalue weighted by Gasteiger charge is 2.22. The van der Waals surface area contributed by atoms with Crippen molar-refractivity contribution in [3.05, 3.63) is 77.0 Å². The van der Waals surface area contributed by atoms with Crippen LogP contribution in [0.4, 0.5) is 21.5 Å². The van der Waals surface area contributed by atoms with Crippen molar-refractivity contribution in [2.45, 2.75) is 32.9 Å². The van der Waals surface area contributed by atoms with Gasteiger partial charge < -0.3 is 15.5 Å². The molecule has 0 radical (unpaired) electrons. The molecule has 2 rings (SSSR count). The molecule has 2 N–H and O–H groups in total. The molecule has 0 saturated carbocycles. The SMILES string of the molecule is [C-]#[N+]c1ccc(NC(=C)C(C)(C)Nc2ccc(CN(C)C)c(F)c2)cc1C. The summed E-state index contributed by atoms with van der Waals surface area (Å²) in [4.78, 5) is 5.41. The van der Waals surface area contributed by atoms with Crippen molar-refractivity contribution in [2.24, 2.45) is 0 Å². The summed E-state index contributed by atoms with van der Waals surface area (Å²) in [6.07, 6.45) is 0. The molecule has 27 heavy (non-hydrogen) atoms. The lowest BCUT2D eigenvalue weighted by Gasteiger charge is -2.31. The summed E-state index contributed by atoms with van der Waals surface area (Å²) in [5.74, 6) is -0.228. The lowest BCUT2D eigenvalue weighted by atomic mass is 10.00. The number of rotatable bonds is 7. The Labute approximate surface area is 161 Å². The maximum Gasteiger partial charge on any atom is 0.190 e. The Bertz CT molecular complexity index is 878. The van der Waals surface area contributed by atoms with E-state index < -0.39 is 5.54 Å². The molecule has 4 nitrogen and oxygen atoms in total. The zero-order valence-corrected chi connectivity index (χ0v) is 16.7. The van der Waals surface area contributed by atoms with E-state index in [1.807, 2.05) is 58.0 Å². The van der Waals surface area contributed by atoms with Gasteiger partial charge in [-0.2, -0.15) is 0 Å². The summed E-state index contributed by atoms with van der Waals surface area (Å²) in [7, 11) is 3.83. The van der Waals surface area contributed by atoms with Crippen LogP contribution in [0, 0.1) is 19.3 Å². The zero-order chi connectivity index (χ0) is 20.2. The van der Waals surface area contributed by atoms with Gasteiger partial charge in [-0.05, 0) is 64.7 Å². The van der Waals surface area contributed by atoms with Crippen LogP contribution in [0.5, 0.6) is 0 Å². The minimum Gasteiger partial charge on any atom is -0.375 e. The van der Waals surface area contributed by atoms with Gasteiger partial charge in [0.2, 0.25) is 0 Å². The second-order valence-corrected chi connectivity index (χ2v) is 7.51. The van der Waals surface area contributed by atoms with Crippen molar-refractivity contribution in [2.75, 3.05) is 24.7 Å². The van der Waals surface area contributed by atoms with Gasteiger partial charge in [0.05, 0.1) is 12.1 Å². The topological polar surface area (TPSA) is 31.7 Å². The average Bonchev–Trinajstić information content (AvgIpc) is 2.57.